The third kappa shape index (κ3) is 3.30. The van der Waals surface area contributed by atoms with E-state index in [4.69, 9.17) is 0 Å². The summed E-state index contributed by atoms with van der Waals surface area (Å²) >= 11 is 0. The van der Waals surface area contributed by atoms with Gasteiger partial charge in [-0.05, 0) is 25.8 Å². The molecule has 112 valence electrons. The summed E-state index contributed by atoms with van der Waals surface area (Å²) in [7, 11) is 0. The van der Waals surface area contributed by atoms with Crippen molar-refractivity contribution < 1.29 is 14.6 Å². The summed E-state index contributed by atoms with van der Waals surface area (Å²) in [5.74, 6) is -0.317. The van der Waals surface area contributed by atoms with E-state index < -0.39 is 6.10 Å². The zero-order valence-electron chi connectivity index (χ0n) is 12.1. The molecular weight excluding hydrogens is 257 g/mol. The molecule has 1 aromatic carbocycles. The fraction of sp³-hybridized carbons (Fsp3) is 0.625. The zero-order valence-corrected chi connectivity index (χ0v) is 12.1. The minimum Gasteiger partial charge on any atom is -0.395 e. The van der Waals surface area contributed by atoms with Gasteiger partial charge in [-0.1, -0.05) is 31.4 Å². The Morgan fingerprint density at radius 2 is 2.00 bits per heavy atom. The molecule has 0 saturated heterocycles. The van der Waals surface area contributed by atoms with Crippen LogP contribution in [0.5, 0.6) is 0 Å². The molecule has 0 radical (unpaired) electrons. The van der Waals surface area contributed by atoms with E-state index in [1.54, 1.807) is 19.1 Å². The van der Waals surface area contributed by atoms with Gasteiger partial charge in [-0.2, -0.15) is 0 Å². The lowest BCUT2D eigenvalue weighted by atomic mass is 9.93. The van der Waals surface area contributed by atoms with E-state index in [9.17, 15) is 14.6 Å². The first-order valence-corrected chi connectivity index (χ1v) is 7.49. The predicted molar refractivity (Wildman–Crippen MR) is 78.3 cm³/mol. The summed E-state index contributed by atoms with van der Waals surface area (Å²) in [6.45, 7) is 2.05. The van der Waals surface area contributed by atoms with Gasteiger partial charge in [-0.25, -0.2) is 4.39 Å². The number of hydrogen-bond acceptors (Lipinski definition) is 3. The van der Waals surface area contributed by atoms with Gasteiger partial charge in [-0.3, -0.25) is 0 Å². The van der Waals surface area contributed by atoms with Crippen molar-refractivity contribution in [2.24, 2.45) is 0 Å². The molecule has 0 bridgehead atoms. The molecule has 1 fully saturated rings. The monoisotopic (exact) mass is 281 g/mol. The Bertz CT molecular complexity index is 430. The van der Waals surface area contributed by atoms with Gasteiger partial charge in [-0.15, -0.1) is 0 Å². The molecule has 1 aliphatic rings. The minimum absolute atomic E-state index is 0.00984. The van der Waals surface area contributed by atoms with Crippen LogP contribution in [0.15, 0.2) is 18.2 Å². The summed E-state index contributed by atoms with van der Waals surface area (Å²) in [4.78, 5) is 1.95. The highest BCUT2D eigenvalue weighted by Crippen LogP contribution is 2.34. The van der Waals surface area contributed by atoms with E-state index >= 15 is 0 Å². The van der Waals surface area contributed by atoms with Crippen molar-refractivity contribution in [1.29, 1.82) is 0 Å². The molecule has 0 aromatic heterocycles. The quantitative estimate of drug-likeness (QED) is 0.872. The Morgan fingerprint density at radius 3 is 2.60 bits per heavy atom. The van der Waals surface area contributed by atoms with Gasteiger partial charge >= 0.3 is 0 Å². The number of para-hydroxylation sites is 1. The Kier molecular flexibility index (Phi) is 5.38. The van der Waals surface area contributed by atoms with Crippen molar-refractivity contribution in [3.63, 3.8) is 0 Å². The van der Waals surface area contributed by atoms with Crippen LogP contribution in [0, 0.1) is 5.82 Å². The van der Waals surface area contributed by atoms with Crippen molar-refractivity contribution in [1.82, 2.24) is 0 Å². The van der Waals surface area contributed by atoms with Gasteiger partial charge < -0.3 is 15.1 Å². The van der Waals surface area contributed by atoms with E-state index in [0.29, 0.717) is 17.8 Å². The van der Waals surface area contributed by atoms with Crippen LogP contribution in [0.2, 0.25) is 0 Å². The average Bonchev–Trinajstić information content (AvgIpc) is 2.46. The Balaban J connectivity index is 2.37. The van der Waals surface area contributed by atoms with Crippen LogP contribution in [0.3, 0.4) is 0 Å². The number of rotatable bonds is 5. The largest absolute Gasteiger partial charge is 0.395 e. The van der Waals surface area contributed by atoms with Gasteiger partial charge in [0, 0.05) is 18.2 Å². The summed E-state index contributed by atoms with van der Waals surface area (Å²) in [6, 6.07) is 5.06. The molecule has 2 rings (SSSR count). The van der Waals surface area contributed by atoms with Gasteiger partial charge in [0.05, 0.1) is 18.4 Å². The van der Waals surface area contributed by atoms with Crippen molar-refractivity contribution in [3.05, 3.63) is 29.6 Å². The molecule has 0 aliphatic heterocycles. The maximum absolute atomic E-state index is 14.3. The number of hydrogen-bond donors (Lipinski definition) is 2. The lowest BCUT2D eigenvalue weighted by molar-refractivity contribution is 0.198. The van der Waals surface area contributed by atoms with Crippen molar-refractivity contribution in [3.8, 4) is 0 Å². The van der Waals surface area contributed by atoms with Crippen molar-refractivity contribution >= 4 is 5.69 Å². The van der Waals surface area contributed by atoms with Gasteiger partial charge in [0.2, 0.25) is 0 Å². The summed E-state index contributed by atoms with van der Waals surface area (Å²) in [6.07, 6.45) is 4.84. The molecule has 0 unspecified atom stereocenters. The third-order valence-electron chi connectivity index (χ3n) is 4.11. The van der Waals surface area contributed by atoms with E-state index in [2.05, 4.69) is 0 Å². The van der Waals surface area contributed by atoms with Crippen LogP contribution >= 0.6 is 0 Å². The molecule has 1 aliphatic carbocycles. The molecule has 2 N–H and O–H groups in total. The first kappa shape index (κ1) is 15.3. The standard InChI is InChI=1S/C16H24FNO2/c1-12(20)14-8-5-9-15(17)16(14)18(10-11-19)13-6-3-2-4-7-13/h5,8-9,12-13,19-20H,2-4,6-7,10-11H2,1H3/t12-/m0/s1. The maximum Gasteiger partial charge on any atom is 0.146 e. The first-order chi connectivity index (χ1) is 9.65. The van der Waals surface area contributed by atoms with Crippen LogP contribution in [-0.2, 0) is 0 Å². The molecule has 0 spiro atoms. The second-order valence-corrected chi connectivity index (χ2v) is 5.56. The predicted octanol–water partition coefficient (Wildman–Crippen LogP) is 3.01. The number of benzene rings is 1. The van der Waals surface area contributed by atoms with Crippen LogP contribution < -0.4 is 4.90 Å². The first-order valence-electron chi connectivity index (χ1n) is 7.49. The SMILES string of the molecule is C[C@H](O)c1cccc(F)c1N(CCO)C1CCCCC1. The minimum atomic E-state index is -0.717. The zero-order chi connectivity index (χ0) is 14.5. The number of aliphatic hydroxyl groups is 2. The highest BCUT2D eigenvalue weighted by atomic mass is 19.1. The van der Waals surface area contributed by atoms with Crippen LogP contribution in [0.25, 0.3) is 0 Å². The summed E-state index contributed by atoms with van der Waals surface area (Å²) in [5.41, 5.74) is 1.06. The maximum atomic E-state index is 14.3. The van der Waals surface area contributed by atoms with Gasteiger partial charge in [0.15, 0.2) is 0 Å². The molecule has 1 atom stereocenters. The molecule has 0 heterocycles. The lowest BCUT2D eigenvalue weighted by Crippen LogP contribution is -2.40. The molecule has 4 heteroatoms. The topological polar surface area (TPSA) is 43.7 Å². The van der Waals surface area contributed by atoms with E-state index in [-0.39, 0.29) is 18.5 Å². The Labute approximate surface area is 120 Å². The molecule has 1 aromatic rings. The van der Waals surface area contributed by atoms with E-state index in [0.717, 1.165) is 25.7 Å². The fourth-order valence-electron chi connectivity index (χ4n) is 3.15. The average molecular weight is 281 g/mol. The van der Waals surface area contributed by atoms with Crippen molar-refractivity contribution in [2.75, 3.05) is 18.1 Å². The number of nitrogens with zero attached hydrogens (tertiary/aromatic N) is 1. The molecule has 20 heavy (non-hydrogen) atoms. The fourth-order valence-corrected chi connectivity index (χ4v) is 3.15. The van der Waals surface area contributed by atoms with Crippen molar-refractivity contribution in [2.45, 2.75) is 51.2 Å². The smallest absolute Gasteiger partial charge is 0.146 e. The summed E-state index contributed by atoms with van der Waals surface area (Å²) < 4.78 is 14.3. The van der Waals surface area contributed by atoms with E-state index in [1.807, 2.05) is 4.90 Å². The molecule has 1 saturated carbocycles. The van der Waals surface area contributed by atoms with Gasteiger partial charge in [0.1, 0.15) is 5.82 Å². The number of halogens is 1. The highest BCUT2D eigenvalue weighted by Gasteiger charge is 2.26. The second-order valence-electron chi connectivity index (χ2n) is 5.56. The number of aliphatic hydroxyl groups excluding tert-OH is 2. The second kappa shape index (κ2) is 7.04. The molecular formula is C16H24FNO2. The molecule has 3 nitrogen and oxygen atoms in total. The van der Waals surface area contributed by atoms with Crippen LogP contribution in [-0.4, -0.2) is 29.4 Å². The summed E-state index contributed by atoms with van der Waals surface area (Å²) in [5, 5.41) is 19.2. The number of anilines is 1. The normalized spacial score (nSPS) is 18.0. The highest BCUT2D eigenvalue weighted by molar-refractivity contribution is 5.56. The van der Waals surface area contributed by atoms with Gasteiger partial charge in [0.25, 0.3) is 0 Å². The molecule has 0 amide bonds. The van der Waals surface area contributed by atoms with Crippen LogP contribution in [0.1, 0.15) is 50.7 Å². The van der Waals surface area contributed by atoms with Crippen LogP contribution in [0.4, 0.5) is 10.1 Å². The van der Waals surface area contributed by atoms with E-state index in [1.165, 1.54) is 12.5 Å². The Hall–Kier alpha value is -1.13. The Morgan fingerprint density at radius 1 is 1.30 bits per heavy atom. The third-order valence-corrected chi connectivity index (χ3v) is 4.11. The lowest BCUT2D eigenvalue weighted by Gasteiger charge is -2.37.